The van der Waals surface area contributed by atoms with Crippen molar-refractivity contribution >= 4 is 11.6 Å². The highest BCUT2D eigenvalue weighted by atomic mass is 19.4. The second kappa shape index (κ2) is 4.73. The quantitative estimate of drug-likeness (QED) is 0.835. The van der Waals surface area contributed by atoms with Crippen LogP contribution in [0, 0.1) is 6.92 Å². The van der Waals surface area contributed by atoms with Crippen LogP contribution in [-0.2, 0) is 0 Å². The van der Waals surface area contributed by atoms with Crippen molar-refractivity contribution in [1.82, 2.24) is 5.01 Å². The molecule has 0 radical (unpaired) electrons. The summed E-state index contributed by atoms with van der Waals surface area (Å²) in [5.74, 6) is -1.35. The Balaban J connectivity index is 2.49. The number of aromatic hydroxyl groups is 1. The maximum atomic E-state index is 13.1. The second-order valence-corrected chi connectivity index (χ2v) is 4.89. The van der Waals surface area contributed by atoms with Gasteiger partial charge in [-0.1, -0.05) is 6.07 Å². The molecular weight excluding hydrogens is 289 g/mol. The smallest absolute Gasteiger partial charge is 0.438 e. The molecule has 1 aliphatic heterocycles. The highest BCUT2D eigenvalue weighted by Crippen LogP contribution is 2.41. The number of phenols is 1. The van der Waals surface area contributed by atoms with Crippen molar-refractivity contribution in [2.75, 3.05) is 0 Å². The zero-order valence-corrected chi connectivity index (χ0v) is 11.3. The third-order valence-corrected chi connectivity index (χ3v) is 3.31. The fraction of sp³-hybridized carbons (Fsp3) is 0.385. The first-order chi connectivity index (χ1) is 9.58. The number of hydrogen-bond donors (Lipinski definition) is 2. The van der Waals surface area contributed by atoms with Crippen LogP contribution in [0.3, 0.4) is 0 Å². The van der Waals surface area contributed by atoms with E-state index in [4.69, 9.17) is 0 Å². The summed E-state index contributed by atoms with van der Waals surface area (Å²) >= 11 is 0. The van der Waals surface area contributed by atoms with Gasteiger partial charge < -0.3 is 10.2 Å². The van der Waals surface area contributed by atoms with Gasteiger partial charge in [0.25, 0.3) is 11.6 Å². The molecule has 5 nitrogen and oxygen atoms in total. The Morgan fingerprint density at radius 3 is 2.57 bits per heavy atom. The Hall–Kier alpha value is -2.09. The summed E-state index contributed by atoms with van der Waals surface area (Å²) in [6.45, 7) is 2.68. The minimum Gasteiger partial charge on any atom is -0.508 e. The summed E-state index contributed by atoms with van der Waals surface area (Å²) in [7, 11) is 0. The molecule has 0 bridgehead atoms. The molecule has 0 fully saturated rings. The number of hydrazone groups is 1. The molecule has 1 atom stereocenters. The van der Waals surface area contributed by atoms with Crippen molar-refractivity contribution < 1.29 is 28.2 Å². The average Bonchev–Trinajstić information content (AvgIpc) is 2.68. The maximum absolute atomic E-state index is 13.1. The van der Waals surface area contributed by atoms with Gasteiger partial charge in [0.1, 0.15) is 5.75 Å². The SMILES string of the molecule is CC1=NN(C(=O)c2cccc(O)c2C)C(O)(C(F)(F)F)C1. The summed E-state index contributed by atoms with van der Waals surface area (Å²) in [5, 5.41) is 22.9. The highest BCUT2D eigenvalue weighted by Gasteiger charge is 2.62. The molecule has 1 aromatic rings. The Bertz CT molecular complexity index is 628. The number of rotatable bonds is 1. The van der Waals surface area contributed by atoms with Gasteiger partial charge in [0, 0.05) is 23.3 Å². The van der Waals surface area contributed by atoms with Gasteiger partial charge in [-0.05, 0) is 26.0 Å². The molecule has 0 spiro atoms. The van der Waals surface area contributed by atoms with Crippen molar-refractivity contribution in [3.8, 4) is 5.75 Å². The third-order valence-electron chi connectivity index (χ3n) is 3.31. The van der Waals surface area contributed by atoms with Crippen LogP contribution in [0.4, 0.5) is 13.2 Å². The average molecular weight is 302 g/mol. The van der Waals surface area contributed by atoms with Crippen molar-refractivity contribution in [2.24, 2.45) is 5.10 Å². The number of phenolic OH excluding ortho intramolecular Hbond substituents is 1. The Morgan fingerprint density at radius 2 is 2.00 bits per heavy atom. The molecule has 0 saturated carbocycles. The molecule has 0 aromatic heterocycles. The molecule has 0 saturated heterocycles. The normalized spacial score (nSPS) is 22.4. The van der Waals surface area contributed by atoms with Crippen LogP contribution in [0.5, 0.6) is 5.75 Å². The van der Waals surface area contributed by atoms with Crippen LogP contribution < -0.4 is 0 Å². The molecule has 1 aromatic carbocycles. The zero-order valence-electron chi connectivity index (χ0n) is 11.3. The third kappa shape index (κ3) is 2.35. The number of carbonyl (C=O) groups excluding carboxylic acids is 1. The monoisotopic (exact) mass is 302 g/mol. The molecule has 1 aliphatic rings. The lowest BCUT2D eigenvalue weighted by Gasteiger charge is -2.32. The number of amides is 1. The number of halogens is 3. The number of hydrogen-bond acceptors (Lipinski definition) is 4. The van der Waals surface area contributed by atoms with E-state index in [0.29, 0.717) is 0 Å². The van der Waals surface area contributed by atoms with Gasteiger partial charge in [-0.2, -0.15) is 23.3 Å². The number of nitrogens with zero attached hydrogens (tertiary/aromatic N) is 2. The Labute approximate surface area is 118 Å². The lowest BCUT2D eigenvalue weighted by Crippen LogP contribution is -2.56. The van der Waals surface area contributed by atoms with Crippen molar-refractivity contribution in [1.29, 1.82) is 0 Å². The van der Waals surface area contributed by atoms with Crippen LogP contribution in [-0.4, -0.2) is 38.7 Å². The Morgan fingerprint density at radius 1 is 1.38 bits per heavy atom. The van der Waals surface area contributed by atoms with Crippen molar-refractivity contribution in [2.45, 2.75) is 32.2 Å². The molecular formula is C13H13F3N2O3. The van der Waals surface area contributed by atoms with E-state index in [1.807, 2.05) is 0 Å². The second-order valence-electron chi connectivity index (χ2n) is 4.89. The summed E-state index contributed by atoms with van der Waals surface area (Å²) in [6, 6.07) is 3.90. The maximum Gasteiger partial charge on any atom is 0.438 e. The lowest BCUT2D eigenvalue weighted by atomic mass is 10.0. The predicted molar refractivity (Wildman–Crippen MR) is 67.7 cm³/mol. The van der Waals surface area contributed by atoms with E-state index in [2.05, 4.69) is 5.10 Å². The predicted octanol–water partition coefficient (Wildman–Crippen LogP) is 2.17. The summed E-state index contributed by atoms with van der Waals surface area (Å²) in [4.78, 5) is 12.3. The zero-order chi connectivity index (χ0) is 16.0. The molecule has 8 heteroatoms. The topological polar surface area (TPSA) is 73.1 Å². The first kappa shape index (κ1) is 15.3. The molecule has 0 aliphatic carbocycles. The minimum absolute atomic E-state index is 0.0130. The molecule has 2 N–H and O–H groups in total. The van der Waals surface area contributed by atoms with E-state index in [1.165, 1.54) is 32.0 Å². The van der Waals surface area contributed by atoms with Crippen molar-refractivity contribution in [3.63, 3.8) is 0 Å². The van der Waals surface area contributed by atoms with Crippen LogP contribution >= 0.6 is 0 Å². The van der Waals surface area contributed by atoms with Gasteiger partial charge in [0.15, 0.2) is 0 Å². The van der Waals surface area contributed by atoms with Gasteiger partial charge in [0.05, 0.1) is 0 Å². The van der Waals surface area contributed by atoms with Gasteiger partial charge in [-0.15, -0.1) is 0 Å². The minimum atomic E-state index is -5.05. The standard InChI is InChI=1S/C13H13F3N2O3/c1-7-6-12(21,13(14,15)16)18(17-7)11(20)9-4-3-5-10(19)8(9)2/h3-5,19,21H,6H2,1-2H3. The number of aliphatic hydroxyl groups is 1. The molecule has 114 valence electrons. The van der Waals surface area contributed by atoms with E-state index >= 15 is 0 Å². The van der Waals surface area contributed by atoms with Crippen molar-refractivity contribution in [3.05, 3.63) is 29.3 Å². The van der Waals surface area contributed by atoms with Gasteiger partial charge in [-0.3, -0.25) is 4.79 Å². The summed E-state index contributed by atoms with van der Waals surface area (Å²) < 4.78 is 39.2. The molecule has 1 heterocycles. The molecule has 21 heavy (non-hydrogen) atoms. The van der Waals surface area contributed by atoms with E-state index in [-0.39, 0.29) is 27.6 Å². The summed E-state index contributed by atoms with van der Waals surface area (Å²) in [5.41, 5.74) is -3.42. The van der Waals surface area contributed by atoms with Crippen LogP contribution in [0.1, 0.15) is 29.3 Å². The first-order valence-electron chi connectivity index (χ1n) is 6.04. The van der Waals surface area contributed by atoms with Crippen LogP contribution in [0.15, 0.2) is 23.3 Å². The van der Waals surface area contributed by atoms with E-state index in [1.54, 1.807) is 0 Å². The van der Waals surface area contributed by atoms with Crippen LogP contribution in [0.25, 0.3) is 0 Å². The molecule has 1 unspecified atom stereocenters. The highest BCUT2D eigenvalue weighted by molar-refractivity contribution is 5.99. The van der Waals surface area contributed by atoms with E-state index in [9.17, 15) is 28.2 Å². The first-order valence-corrected chi connectivity index (χ1v) is 6.04. The number of benzene rings is 1. The van der Waals surface area contributed by atoms with E-state index < -0.39 is 24.2 Å². The van der Waals surface area contributed by atoms with E-state index in [0.717, 1.165) is 0 Å². The number of alkyl halides is 3. The fourth-order valence-corrected chi connectivity index (χ4v) is 2.12. The largest absolute Gasteiger partial charge is 0.508 e. The van der Waals surface area contributed by atoms with Gasteiger partial charge in [0.2, 0.25) is 0 Å². The number of carbonyl (C=O) groups is 1. The van der Waals surface area contributed by atoms with Gasteiger partial charge >= 0.3 is 6.18 Å². The molecule has 1 amide bonds. The van der Waals surface area contributed by atoms with Crippen LogP contribution in [0.2, 0.25) is 0 Å². The summed E-state index contributed by atoms with van der Waals surface area (Å²) in [6.07, 6.45) is -5.85. The fourth-order valence-electron chi connectivity index (χ4n) is 2.12. The Kier molecular flexibility index (Phi) is 3.45. The molecule has 2 rings (SSSR count). The van der Waals surface area contributed by atoms with Gasteiger partial charge in [-0.25, -0.2) is 0 Å². The lowest BCUT2D eigenvalue weighted by molar-refractivity contribution is -0.297.